The predicted octanol–water partition coefficient (Wildman–Crippen LogP) is 1.10. The Hall–Kier alpha value is -0.610. The summed E-state index contributed by atoms with van der Waals surface area (Å²) >= 11 is 0. The molecule has 2 fully saturated rings. The molecule has 0 aromatic carbocycles. The number of esters is 1. The standard InChI is InChI=1S/C12H21NO3/c1-3-16-8-12(9-4-5-9,11(14)15-2)13-10-6-7-10/h9-10,13H,3-8H2,1-2H3. The van der Waals surface area contributed by atoms with E-state index in [0.29, 0.717) is 25.2 Å². The molecule has 0 saturated heterocycles. The van der Waals surface area contributed by atoms with Gasteiger partial charge in [0.1, 0.15) is 5.54 Å². The Bertz CT molecular complexity index is 261. The van der Waals surface area contributed by atoms with Gasteiger partial charge in [-0.3, -0.25) is 5.32 Å². The van der Waals surface area contributed by atoms with Gasteiger partial charge in [0.05, 0.1) is 13.7 Å². The van der Waals surface area contributed by atoms with Crippen LogP contribution in [0.2, 0.25) is 0 Å². The minimum Gasteiger partial charge on any atom is -0.468 e. The molecule has 2 aliphatic rings. The third kappa shape index (κ3) is 2.38. The number of hydrogen-bond donors (Lipinski definition) is 1. The molecular weight excluding hydrogens is 206 g/mol. The molecule has 2 rings (SSSR count). The van der Waals surface area contributed by atoms with Gasteiger partial charge in [0.2, 0.25) is 0 Å². The number of rotatable bonds is 7. The minimum absolute atomic E-state index is 0.157. The predicted molar refractivity (Wildman–Crippen MR) is 60.1 cm³/mol. The van der Waals surface area contributed by atoms with Gasteiger partial charge in [-0.15, -0.1) is 0 Å². The lowest BCUT2D eigenvalue weighted by Crippen LogP contribution is -2.59. The van der Waals surface area contributed by atoms with E-state index in [1.54, 1.807) is 0 Å². The first-order valence-electron chi connectivity index (χ1n) is 6.16. The van der Waals surface area contributed by atoms with Crippen molar-refractivity contribution in [1.82, 2.24) is 5.32 Å². The van der Waals surface area contributed by atoms with Crippen LogP contribution in [0.15, 0.2) is 0 Å². The highest BCUT2D eigenvalue weighted by Gasteiger charge is 2.54. The normalized spacial score (nSPS) is 23.9. The average Bonchev–Trinajstić information content (AvgIpc) is 3.15. The van der Waals surface area contributed by atoms with E-state index in [1.165, 1.54) is 7.11 Å². The number of nitrogens with one attached hydrogen (secondary N) is 1. The summed E-state index contributed by atoms with van der Waals surface area (Å²) in [5.41, 5.74) is -0.577. The van der Waals surface area contributed by atoms with Gasteiger partial charge in [-0.05, 0) is 38.5 Å². The topological polar surface area (TPSA) is 47.6 Å². The van der Waals surface area contributed by atoms with Crippen LogP contribution in [0.5, 0.6) is 0 Å². The van der Waals surface area contributed by atoms with Gasteiger partial charge in [-0.2, -0.15) is 0 Å². The Morgan fingerprint density at radius 1 is 1.38 bits per heavy atom. The van der Waals surface area contributed by atoms with E-state index in [0.717, 1.165) is 25.7 Å². The maximum absolute atomic E-state index is 12.0. The van der Waals surface area contributed by atoms with Gasteiger partial charge in [-0.1, -0.05) is 0 Å². The Morgan fingerprint density at radius 3 is 2.50 bits per heavy atom. The van der Waals surface area contributed by atoms with E-state index in [9.17, 15) is 4.79 Å². The summed E-state index contributed by atoms with van der Waals surface area (Å²) in [6, 6.07) is 0.486. The first-order chi connectivity index (χ1) is 7.73. The molecular formula is C12H21NO3. The molecule has 4 nitrogen and oxygen atoms in total. The fourth-order valence-electron chi connectivity index (χ4n) is 2.18. The molecule has 1 N–H and O–H groups in total. The maximum Gasteiger partial charge on any atom is 0.328 e. The van der Waals surface area contributed by atoms with Crippen LogP contribution in [0.3, 0.4) is 0 Å². The number of carbonyl (C=O) groups excluding carboxylic acids is 1. The molecule has 2 aliphatic carbocycles. The van der Waals surface area contributed by atoms with E-state index in [2.05, 4.69) is 5.32 Å². The largest absolute Gasteiger partial charge is 0.468 e. The molecule has 2 saturated carbocycles. The summed E-state index contributed by atoms with van der Waals surface area (Å²) in [7, 11) is 1.46. The monoisotopic (exact) mass is 227 g/mol. The Morgan fingerprint density at radius 2 is 2.06 bits per heavy atom. The molecule has 4 heteroatoms. The van der Waals surface area contributed by atoms with Crippen LogP contribution in [0.1, 0.15) is 32.6 Å². The van der Waals surface area contributed by atoms with E-state index in [-0.39, 0.29) is 5.97 Å². The molecule has 92 valence electrons. The van der Waals surface area contributed by atoms with Gasteiger partial charge in [0, 0.05) is 12.6 Å². The van der Waals surface area contributed by atoms with Crippen molar-refractivity contribution < 1.29 is 14.3 Å². The smallest absolute Gasteiger partial charge is 0.328 e. The van der Waals surface area contributed by atoms with E-state index in [1.807, 2.05) is 6.92 Å². The van der Waals surface area contributed by atoms with Gasteiger partial charge in [-0.25, -0.2) is 4.79 Å². The molecule has 0 heterocycles. The molecule has 0 aromatic rings. The first-order valence-corrected chi connectivity index (χ1v) is 6.16. The van der Waals surface area contributed by atoms with Gasteiger partial charge in [0.15, 0.2) is 0 Å². The van der Waals surface area contributed by atoms with Crippen LogP contribution in [-0.4, -0.2) is 37.9 Å². The molecule has 16 heavy (non-hydrogen) atoms. The highest BCUT2D eigenvalue weighted by atomic mass is 16.5. The van der Waals surface area contributed by atoms with Gasteiger partial charge >= 0.3 is 5.97 Å². The molecule has 0 aromatic heterocycles. The van der Waals surface area contributed by atoms with Crippen molar-refractivity contribution in [2.45, 2.75) is 44.2 Å². The van der Waals surface area contributed by atoms with Crippen molar-refractivity contribution >= 4 is 5.97 Å². The molecule has 1 unspecified atom stereocenters. The van der Waals surface area contributed by atoms with Crippen LogP contribution in [-0.2, 0) is 14.3 Å². The fourth-order valence-corrected chi connectivity index (χ4v) is 2.18. The lowest BCUT2D eigenvalue weighted by atomic mass is 9.94. The zero-order valence-corrected chi connectivity index (χ0v) is 10.1. The van der Waals surface area contributed by atoms with Crippen LogP contribution in [0.25, 0.3) is 0 Å². The van der Waals surface area contributed by atoms with Crippen LogP contribution in [0, 0.1) is 5.92 Å². The number of methoxy groups -OCH3 is 1. The van der Waals surface area contributed by atoms with Gasteiger partial charge < -0.3 is 9.47 Å². The highest BCUT2D eigenvalue weighted by molar-refractivity contribution is 5.82. The van der Waals surface area contributed by atoms with E-state index >= 15 is 0 Å². The van der Waals surface area contributed by atoms with Crippen LogP contribution >= 0.6 is 0 Å². The third-order valence-electron chi connectivity index (χ3n) is 3.40. The maximum atomic E-state index is 12.0. The Labute approximate surface area is 96.7 Å². The summed E-state index contributed by atoms with van der Waals surface area (Å²) in [6.45, 7) is 3.03. The molecule has 0 aliphatic heterocycles. The van der Waals surface area contributed by atoms with E-state index < -0.39 is 5.54 Å². The third-order valence-corrected chi connectivity index (χ3v) is 3.40. The summed E-state index contributed by atoms with van der Waals surface area (Å²) in [6.07, 6.45) is 4.53. The molecule has 0 radical (unpaired) electrons. The zero-order chi connectivity index (χ0) is 11.6. The SMILES string of the molecule is CCOCC(NC1CC1)(C(=O)OC)C1CC1. The quantitative estimate of drug-likeness (QED) is 0.662. The fraction of sp³-hybridized carbons (Fsp3) is 0.917. The van der Waals surface area contributed by atoms with Crippen LogP contribution in [0.4, 0.5) is 0 Å². The first kappa shape index (κ1) is 11.9. The summed E-state index contributed by atoms with van der Waals surface area (Å²) in [4.78, 5) is 12.0. The second kappa shape index (κ2) is 4.72. The minimum atomic E-state index is -0.577. The van der Waals surface area contributed by atoms with Crippen molar-refractivity contribution in [1.29, 1.82) is 0 Å². The molecule has 1 atom stereocenters. The van der Waals surface area contributed by atoms with Crippen molar-refractivity contribution in [2.75, 3.05) is 20.3 Å². The summed E-state index contributed by atoms with van der Waals surface area (Å²) in [5, 5.41) is 3.45. The lowest BCUT2D eigenvalue weighted by Gasteiger charge is -2.32. The van der Waals surface area contributed by atoms with Crippen molar-refractivity contribution in [3.05, 3.63) is 0 Å². The average molecular weight is 227 g/mol. The van der Waals surface area contributed by atoms with Crippen molar-refractivity contribution in [3.63, 3.8) is 0 Å². The van der Waals surface area contributed by atoms with E-state index in [4.69, 9.17) is 9.47 Å². The number of carbonyl (C=O) groups is 1. The van der Waals surface area contributed by atoms with Crippen molar-refractivity contribution in [2.24, 2.45) is 5.92 Å². The van der Waals surface area contributed by atoms with Gasteiger partial charge in [0.25, 0.3) is 0 Å². The summed E-state index contributed by atoms with van der Waals surface area (Å²) in [5.74, 6) is 0.238. The van der Waals surface area contributed by atoms with Crippen LogP contribution < -0.4 is 5.32 Å². The zero-order valence-electron chi connectivity index (χ0n) is 10.1. The summed E-state index contributed by atoms with van der Waals surface area (Å²) < 4.78 is 10.4. The number of hydrogen-bond acceptors (Lipinski definition) is 4. The molecule has 0 amide bonds. The lowest BCUT2D eigenvalue weighted by molar-refractivity contribution is -0.153. The highest BCUT2D eigenvalue weighted by Crippen LogP contribution is 2.42. The second-order valence-electron chi connectivity index (χ2n) is 4.79. The molecule has 0 bridgehead atoms. The Balaban J connectivity index is 2.07. The molecule has 0 spiro atoms. The second-order valence-corrected chi connectivity index (χ2v) is 4.79. The Kier molecular flexibility index (Phi) is 3.50. The van der Waals surface area contributed by atoms with Crippen molar-refractivity contribution in [3.8, 4) is 0 Å². The number of ether oxygens (including phenoxy) is 2.